The van der Waals surface area contributed by atoms with E-state index in [0.717, 1.165) is 10.8 Å². The number of halogens is 1. The van der Waals surface area contributed by atoms with Gasteiger partial charge in [-0.25, -0.2) is 4.79 Å². The van der Waals surface area contributed by atoms with Gasteiger partial charge in [0.15, 0.2) is 0 Å². The maximum Gasteiger partial charge on any atom is 0.330 e. The topological polar surface area (TPSA) is 64.1 Å². The molecule has 0 aliphatic rings. The molecule has 0 spiro atoms. The lowest BCUT2D eigenvalue weighted by molar-refractivity contribution is 0.0553. The Bertz CT molecular complexity index is 409. The van der Waals surface area contributed by atoms with E-state index in [-0.39, 0.29) is 0 Å². The fraction of sp³-hybridized carbons (Fsp3) is 0.429. The number of hydrogen-bond donors (Lipinski definition) is 1. The van der Waals surface area contributed by atoms with Gasteiger partial charge in [-0.05, 0) is 6.92 Å². The zero-order valence-corrected chi connectivity index (χ0v) is 7.20. The average molecular weight is 188 g/mol. The van der Waals surface area contributed by atoms with Crippen LogP contribution < -0.4 is 11.2 Å². The minimum atomic E-state index is -1.02. The van der Waals surface area contributed by atoms with Crippen molar-refractivity contribution >= 4 is 0 Å². The summed E-state index contributed by atoms with van der Waals surface area (Å²) >= 11 is 0. The Balaban J connectivity index is 3.32. The zero-order valence-electron chi connectivity index (χ0n) is 7.20. The minimum absolute atomic E-state index is 0.612. The molecule has 1 N–H and O–H groups in total. The van der Waals surface area contributed by atoms with Gasteiger partial charge in [0.05, 0.1) is 6.20 Å². The number of rotatable bonds is 2. The first-order valence-corrected chi connectivity index (χ1v) is 3.60. The van der Waals surface area contributed by atoms with E-state index in [4.69, 9.17) is 4.74 Å². The molecule has 0 saturated heterocycles. The number of aromatic nitrogens is 2. The van der Waals surface area contributed by atoms with Crippen LogP contribution in [0.3, 0.4) is 0 Å². The van der Waals surface area contributed by atoms with Gasteiger partial charge in [-0.2, -0.15) is 4.39 Å². The molecule has 0 bridgehead atoms. The van der Waals surface area contributed by atoms with Crippen LogP contribution in [0.4, 0.5) is 4.39 Å². The highest BCUT2D eigenvalue weighted by molar-refractivity contribution is 4.87. The van der Waals surface area contributed by atoms with Gasteiger partial charge in [-0.1, -0.05) is 0 Å². The van der Waals surface area contributed by atoms with Gasteiger partial charge >= 0.3 is 5.69 Å². The number of H-pyrrole nitrogens is 1. The van der Waals surface area contributed by atoms with E-state index in [1.54, 1.807) is 6.92 Å². The lowest BCUT2D eigenvalue weighted by Gasteiger charge is -2.11. The number of ether oxygens (including phenoxy) is 1. The van der Waals surface area contributed by atoms with Gasteiger partial charge in [-0.3, -0.25) is 14.3 Å². The van der Waals surface area contributed by atoms with Gasteiger partial charge in [0.1, 0.15) is 6.23 Å². The molecule has 0 radical (unpaired) electrons. The van der Waals surface area contributed by atoms with Crippen LogP contribution in [-0.4, -0.2) is 16.7 Å². The normalized spacial score (nSPS) is 12.8. The maximum atomic E-state index is 12.7. The number of hydrogen-bond acceptors (Lipinski definition) is 3. The first kappa shape index (κ1) is 9.66. The summed E-state index contributed by atoms with van der Waals surface area (Å²) < 4.78 is 18.4. The Kier molecular flexibility index (Phi) is 2.62. The third kappa shape index (κ3) is 1.83. The maximum absolute atomic E-state index is 12.7. The molecule has 72 valence electrons. The molecule has 5 nitrogen and oxygen atoms in total. The Morgan fingerprint density at radius 3 is 2.77 bits per heavy atom. The summed E-state index contributed by atoms with van der Waals surface area (Å²) in [5, 5.41) is 0. The smallest absolute Gasteiger partial charge is 0.330 e. The monoisotopic (exact) mass is 188 g/mol. The van der Waals surface area contributed by atoms with Crippen molar-refractivity contribution in [1.29, 1.82) is 0 Å². The highest BCUT2D eigenvalue weighted by Gasteiger charge is 2.08. The first-order valence-electron chi connectivity index (χ1n) is 3.60. The summed E-state index contributed by atoms with van der Waals surface area (Å²) in [5.74, 6) is -1.01. The molecule has 0 fully saturated rings. The number of aromatic amines is 1. The van der Waals surface area contributed by atoms with Crippen LogP contribution in [-0.2, 0) is 4.74 Å². The molecular weight excluding hydrogens is 179 g/mol. The quantitative estimate of drug-likeness (QED) is 0.701. The van der Waals surface area contributed by atoms with Crippen molar-refractivity contribution in [2.75, 3.05) is 7.11 Å². The van der Waals surface area contributed by atoms with Gasteiger partial charge in [0.25, 0.3) is 5.56 Å². The summed E-state index contributed by atoms with van der Waals surface area (Å²) in [4.78, 5) is 23.5. The molecule has 1 aromatic rings. The molecule has 0 unspecified atom stereocenters. The third-order valence-corrected chi connectivity index (χ3v) is 1.66. The molecule has 0 aliphatic heterocycles. The van der Waals surface area contributed by atoms with E-state index in [1.807, 2.05) is 4.98 Å². The zero-order chi connectivity index (χ0) is 10.0. The van der Waals surface area contributed by atoms with Crippen molar-refractivity contribution < 1.29 is 9.13 Å². The van der Waals surface area contributed by atoms with Crippen molar-refractivity contribution in [3.63, 3.8) is 0 Å². The number of nitrogens with one attached hydrogen (secondary N) is 1. The van der Waals surface area contributed by atoms with Crippen LogP contribution >= 0.6 is 0 Å². The van der Waals surface area contributed by atoms with E-state index >= 15 is 0 Å². The number of methoxy groups -OCH3 is 1. The molecule has 13 heavy (non-hydrogen) atoms. The molecule has 1 aromatic heterocycles. The molecule has 0 aromatic carbocycles. The van der Waals surface area contributed by atoms with Crippen LogP contribution in [0, 0.1) is 5.82 Å². The van der Waals surface area contributed by atoms with Crippen LogP contribution in [0.1, 0.15) is 13.2 Å². The molecule has 1 heterocycles. The molecule has 6 heteroatoms. The summed E-state index contributed by atoms with van der Waals surface area (Å²) in [5.41, 5.74) is -1.72. The van der Waals surface area contributed by atoms with E-state index < -0.39 is 23.3 Å². The van der Waals surface area contributed by atoms with Crippen molar-refractivity contribution in [2.24, 2.45) is 0 Å². The summed E-state index contributed by atoms with van der Waals surface area (Å²) in [6.07, 6.45) is 0.203. The Hall–Kier alpha value is -1.43. The lowest BCUT2D eigenvalue weighted by Crippen LogP contribution is -2.33. The summed E-state index contributed by atoms with van der Waals surface area (Å²) in [7, 11) is 1.38. The van der Waals surface area contributed by atoms with Crippen molar-refractivity contribution in [3.05, 3.63) is 32.9 Å². The lowest BCUT2D eigenvalue weighted by atomic mass is 10.5. The fourth-order valence-electron chi connectivity index (χ4n) is 0.844. The van der Waals surface area contributed by atoms with Crippen LogP contribution in [0.5, 0.6) is 0 Å². The molecular formula is C7H9FN2O3. The molecule has 0 aliphatic carbocycles. The second kappa shape index (κ2) is 3.53. The van der Waals surface area contributed by atoms with Gasteiger partial charge in [0, 0.05) is 7.11 Å². The molecule has 1 atom stereocenters. The highest BCUT2D eigenvalue weighted by atomic mass is 19.1. The molecule has 1 rings (SSSR count). The van der Waals surface area contributed by atoms with Gasteiger partial charge in [0.2, 0.25) is 5.82 Å². The van der Waals surface area contributed by atoms with Crippen molar-refractivity contribution in [1.82, 2.24) is 9.55 Å². The van der Waals surface area contributed by atoms with Crippen molar-refractivity contribution in [2.45, 2.75) is 13.2 Å². The van der Waals surface area contributed by atoms with Crippen LogP contribution in [0.25, 0.3) is 0 Å². The second-order valence-electron chi connectivity index (χ2n) is 2.48. The molecule has 0 amide bonds. The van der Waals surface area contributed by atoms with E-state index in [1.165, 1.54) is 7.11 Å². The predicted molar refractivity (Wildman–Crippen MR) is 43.0 cm³/mol. The van der Waals surface area contributed by atoms with E-state index in [0.29, 0.717) is 0 Å². The largest absolute Gasteiger partial charge is 0.361 e. The second-order valence-corrected chi connectivity index (χ2v) is 2.48. The molecule has 0 saturated carbocycles. The first-order chi connectivity index (χ1) is 6.06. The van der Waals surface area contributed by atoms with E-state index in [2.05, 4.69) is 0 Å². The summed E-state index contributed by atoms with van der Waals surface area (Å²) in [6.45, 7) is 1.55. The standard InChI is InChI=1S/C7H9FN2O3/c1-4(13-2)10-3-5(8)6(11)9-7(10)12/h3-4H,1-2H3,(H,9,11,12)/t4-/m1/s1. The van der Waals surface area contributed by atoms with Gasteiger partial charge < -0.3 is 4.74 Å². The Morgan fingerprint density at radius 2 is 2.23 bits per heavy atom. The van der Waals surface area contributed by atoms with Crippen molar-refractivity contribution in [3.8, 4) is 0 Å². The predicted octanol–water partition coefficient (Wildman–Crippen LogP) is -0.159. The minimum Gasteiger partial charge on any atom is -0.361 e. The number of nitrogens with zero attached hydrogens (tertiary/aromatic N) is 1. The van der Waals surface area contributed by atoms with Crippen LogP contribution in [0.15, 0.2) is 15.8 Å². The average Bonchev–Trinajstić information content (AvgIpc) is 2.10. The van der Waals surface area contributed by atoms with Gasteiger partial charge in [-0.15, -0.1) is 0 Å². The fourth-order valence-corrected chi connectivity index (χ4v) is 0.844. The Morgan fingerprint density at radius 1 is 1.62 bits per heavy atom. The van der Waals surface area contributed by atoms with Crippen LogP contribution in [0.2, 0.25) is 0 Å². The highest BCUT2D eigenvalue weighted by Crippen LogP contribution is 2.00. The SMILES string of the molecule is CO[C@H](C)n1cc(F)c(=O)[nH]c1=O. The summed E-state index contributed by atoms with van der Waals surface area (Å²) in [6, 6.07) is 0. The third-order valence-electron chi connectivity index (χ3n) is 1.66. The van der Waals surface area contributed by atoms with E-state index in [9.17, 15) is 14.0 Å². The Labute approximate surface area is 72.8 Å².